The Kier molecular flexibility index (Phi) is 11.0. The van der Waals surface area contributed by atoms with Crippen molar-refractivity contribution in [1.82, 2.24) is 14.5 Å². The first-order chi connectivity index (χ1) is 24.5. The highest BCUT2D eigenvalue weighted by Crippen LogP contribution is 2.45. The van der Waals surface area contributed by atoms with Crippen LogP contribution in [0.2, 0.25) is 5.02 Å². The molecule has 5 aliphatic rings. The SMILES string of the molecule is C[C@@H]1CS(=O)(=O)NC(=O)c2ccc3c(c2)N(CCCCc2cc(Cl)ccc2CO3)C[C@@H]2CC[C@H]2[C@](O)(CN2CCN3CCOC[C@@H]3C2)/C=C/[C@@H]1C. The molecule has 0 radical (unpaired) electrons. The summed E-state index contributed by atoms with van der Waals surface area (Å²) in [5.41, 5.74) is 2.19. The molecule has 1 aliphatic carbocycles. The Bertz CT molecular complexity index is 1720. The molecule has 1 amide bonds. The lowest BCUT2D eigenvalue weighted by Gasteiger charge is -2.51. The van der Waals surface area contributed by atoms with Gasteiger partial charge < -0.3 is 19.5 Å². The number of fused-ring (bicyclic) bond motifs is 4. The number of amides is 1. The zero-order valence-corrected chi connectivity index (χ0v) is 31.5. The molecular formula is C39H53ClN4O6S. The van der Waals surface area contributed by atoms with Gasteiger partial charge in [-0.05, 0) is 97.2 Å². The molecule has 51 heavy (non-hydrogen) atoms. The van der Waals surface area contributed by atoms with Crippen LogP contribution >= 0.6 is 11.6 Å². The third-order valence-electron chi connectivity index (χ3n) is 12.1. The Morgan fingerprint density at radius 3 is 2.71 bits per heavy atom. The number of aliphatic hydroxyl groups is 1. The van der Waals surface area contributed by atoms with Crippen LogP contribution in [0.25, 0.3) is 0 Å². The summed E-state index contributed by atoms with van der Waals surface area (Å²) in [6.45, 7) is 11.3. The summed E-state index contributed by atoms with van der Waals surface area (Å²) < 4.78 is 41.3. The molecule has 0 aromatic heterocycles. The Morgan fingerprint density at radius 1 is 1.02 bits per heavy atom. The number of β-amino-alcohol motifs (C(OH)–C–C–N with tert-alkyl or cyclic N) is 1. The molecule has 4 heterocycles. The van der Waals surface area contributed by atoms with E-state index in [1.54, 1.807) is 18.2 Å². The van der Waals surface area contributed by atoms with E-state index in [-0.39, 0.29) is 35.0 Å². The van der Waals surface area contributed by atoms with Crippen LogP contribution in [0.15, 0.2) is 48.6 Å². The van der Waals surface area contributed by atoms with Crippen LogP contribution in [-0.2, 0) is 27.8 Å². The van der Waals surface area contributed by atoms with Crippen LogP contribution in [0.5, 0.6) is 5.75 Å². The molecule has 3 fully saturated rings. The maximum absolute atomic E-state index is 13.5. The number of nitrogens with zero attached hydrogens (tertiary/aromatic N) is 3. The number of ether oxygens (including phenoxy) is 2. The number of allylic oxidation sites excluding steroid dienone is 1. The number of anilines is 1. The number of sulfonamides is 1. The van der Waals surface area contributed by atoms with Crippen molar-refractivity contribution in [2.45, 2.75) is 64.2 Å². The molecule has 6 atom stereocenters. The number of aryl methyl sites for hydroxylation is 1. The molecule has 2 saturated heterocycles. The fraction of sp³-hybridized carbons (Fsp3) is 0.615. The summed E-state index contributed by atoms with van der Waals surface area (Å²) in [4.78, 5) is 20.7. The van der Waals surface area contributed by atoms with Crippen LogP contribution < -0.4 is 14.4 Å². The number of carbonyl (C=O) groups is 1. The molecule has 2 aromatic rings. The number of hydrogen-bond donors (Lipinski definition) is 2. The molecular weight excluding hydrogens is 688 g/mol. The van der Waals surface area contributed by atoms with Crippen molar-refractivity contribution >= 4 is 33.2 Å². The number of piperazine rings is 1. The molecule has 0 spiro atoms. The predicted molar refractivity (Wildman–Crippen MR) is 200 cm³/mol. The molecule has 10 nitrogen and oxygen atoms in total. The van der Waals surface area contributed by atoms with Crippen molar-refractivity contribution in [3.63, 3.8) is 0 Å². The van der Waals surface area contributed by atoms with Gasteiger partial charge in [-0.15, -0.1) is 0 Å². The number of hydrogen-bond acceptors (Lipinski definition) is 9. The minimum atomic E-state index is -3.94. The van der Waals surface area contributed by atoms with Gasteiger partial charge in [0.15, 0.2) is 0 Å². The van der Waals surface area contributed by atoms with E-state index in [0.29, 0.717) is 43.1 Å². The maximum Gasteiger partial charge on any atom is 0.264 e. The first-order valence-corrected chi connectivity index (χ1v) is 20.8. The predicted octanol–water partition coefficient (Wildman–Crippen LogP) is 4.74. The largest absolute Gasteiger partial charge is 0.487 e. The van der Waals surface area contributed by atoms with Crippen LogP contribution in [-0.4, -0.2) is 106 Å². The smallest absolute Gasteiger partial charge is 0.264 e. The van der Waals surface area contributed by atoms with Gasteiger partial charge in [-0.1, -0.05) is 43.7 Å². The quantitative estimate of drug-likeness (QED) is 0.422. The summed E-state index contributed by atoms with van der Waals surface area (Å²) in [7, 11) is -3.94. The van der Waals surface area contributed by atoms with Crippen molar-refractivity contribution in [2.24, 2.45) is 23.7 Å². The zero-order chi connectivity index (χ0) is 35.8. The first-order valence-electron chi connectivity index (χ1n) is 18.8. The minimum Gasteiger partial charge on any atom is -0.487 e. The number of rotatable bonds is 2. The molecule has 278 valence electrons. The highest BCUT2D eigenvalue weighted by molar-refractivity contribution is 7.90. The number of halogens is 1. The van der Waals surface area contributed by atoms with E-state index in [1.807, 2.05) is 44.2 Å². The third kappa shape index (κ3) is 8.44. The lowest BCUT2D eigenvalue weighted by Crippen LogP contribution is -2.62. The fourth-order valence-electron chi connectivity index (χ4n) is 8.66. The standard InChI is InChI=1S/C39H53ClN4O6S/c1-27-12-13-39(46,26-42-15-16-43-17-18-49-24-34(43)22-42)35-10-7-31(35)21-44-14-4-3-5-29-19-33(40)9-6-32(29)23-50-37-11-8-30(20-36(37)44)38(45)41-51(47,48)25-28(27)2/h6,8-9,11-13,19-20,27-28,31,34-35,46H,3-5,7,10,14-18,21-26H2,1-2H3,(H,41,45)/b13-12+/t27-,28+,31-,34-,35+,39+/m0/s1. The highest BCUT2D eigenvalue weighted by Gasteiger charge is 2.47. The van der Waals surface area contributed by atoms with Gasteiger partial charge in [0.2, 0.25) is 10.0 Å². The van der Waals surface area contributed by atoms with Crippen molar-refractivity contribution < 1.29 is 27.8 Å². The Balaban J connectivity index is 1.23. The Morgan fingerprint density at radius 2 is 1.88 bits per heavy atom. The van der Waals surface area contributed by atoms with Gasteiger partial charge in [-0.2, -0.15) is 0 Å². The summed E-state index contributed by atoms with van der Waals surface area (Å²) in [6, 6.07) is 11.5. The summed E-state index contributed by atoms with van der Waals surface area (Å²) in [5, 5.41) is 13.5. The molecule has 2 aromatic carbocycles. The van der Waals surface area contributed by atoms with Gasteiger partial charge in [-0.25, -0.2) is 13.1 Å². The zero-order valence-electron chi connectivity index (χ0n) is 29.9. The van der Waals surface area contributed by atoms with Gasteiger partial charge in [-0.3, -0.25) is 14.6 Å². The second-order valence-electron chi connectivity index (χ2n) is 15.6. The molecule has 4 aliphatic heterocycles. The summed E-state index contributed by atoms with van der Waals surface area (Å²) in [5.74, 6) is -0.389. The van der Waals surface area contributed by atoms with E-state index in [9.17, 15) is 18.3 Å². The second kappa shape index (κ2) is 15.4. The van der Waals surface area contributed by atoms with Crippen LogP contribution in [0.1, 0.15) is 61.0 Å². The lowest BCUT2D eigenvalue weighted by molar-refractivity contribution is -0.0903. The number of morpholine rings is 1. The fourth-order valence-corrected chi connectivity index (χ4v) is 10.3. The average molecular weight is 741 g/mol. The lowest BCUT2D eigenvalue weighted by atomic mass is 9.64. The second-order valence-corrected chi connectivity index (χ2v) is 17.8. The van der Waals surface area contributed by atoms with Crippen molar-refractivity contribution in [1.29, 1.82) is 0 Å². The van der Waals surface area contributed by atoms with E-state index < -0.39 is 21.5 Å². The van der Waals surface area contributed by atoms with E-state index in [0.717, 1.165) is 82.7 Å². The Labute approximate surface area is 308 Å². The number of benzene rings is 2. The van der Waals surface area contributed by atoms with Crippen molar-refractivity contribution in [3.05, 3.63) is 70.3 Å². The molecule has 2 bridgehead atoms. The molecule has 2 N–H and O–H groups in total. The molecule has 1 saturated carbocycles. The molecule has 0 unspecified atom stereocenters. The van der Waals surface area contributed by atoms with Crippen molar-refractivity contribution in [2.75, 3.05) is 69.7 Å². The van der Waals surface area contributed by atoms with Gasteiger partial charge >= 0.3 is 0 Å². The van der Waals surface area contributed by atoms with Gasteiger partial charge in [0.25, 0.3) is 5.91 Å². The number of nitrogens with one attached hydrogen (secondary N) is 1. The number of carbonyl (C=O) groups excluding carboxylic acids is 1. The van der Waals surface area contributed by atoms with Gasteiger partial charge in [0.05, 0.1) is 30.3 Å². The average Bonchev–Trinajstić information content (AvgIpc) is 3.11. The molecule has 12 heteroatoms. The van der Waals surface area contributed by atoms with Crippen LogP contribution in [0.3, 0.4) is 0 Å². The van der Waals surface area contributed by atoms with Gasteiger partial charge in [0.1, 0.15) is 12.4 Å². The summed E-state index contributed by atoms with van der Waals surface area (Å²) >= 11 is 6.38. The van der Waals surface area contributed by atoms with E-state index >= 15 is 0 Å². The first kappa shape index (κ1) is 36.7. The topological polar surface area (TPSA) is 112 Å². The monoisotopic (exact) mass is 740 g/mol. The summed E-state index contributed by atoms with van der Waals surface area (Å²) in [6.07, 6.45) is 8.62. The third-order valence-corrected chi connectivity index (χ3v) is 13.8. The van der Waals surface area contributed by atoms with Crippen LogP contribution in [0.4, 0.5) is 5.69 Å². The minimum absolute atomic E-state index is 0.0222. The normalized spacial score (nSPS) is 32.8. The van der Waals surface area contributed by atoms with Gasteiger partial charge in [0, 0.05) is 62.4 Å². The van der Waals surface area contributed by atoms with E-state index in [1.165, 1.54) is 5.56 Å². The van der Waals surface area contributed by atoms with Crippen LogP contribution in [0, 0.1) is 23.7 Å². The van der Waals surface area contributed by atoms with E-state index in [4.69, 9.17) is 21.1 Å². The van der Waals surface area contributed by atoms with E-state index in [2.05, 4.69) is 19.4 Å². The maximum atomic E-state index is 13.5. The molecule has 7 rings (SSSR count). The Hall–Kier alpha value is -2.67. The highest BCUT2D eigenvalue weighted by atomic mass is 35.5. The van der Waals surface area contributed by atoms with Crippen molar-refractivity contribution in [3.8, 4) is 5.75 Å².